The number of ketones is 1. The minimum atomic E-state index is -1.01. The van der Waals surface area contributed by atoms with Crippen LogP contribution in [0.25, 0.3) is 0 Å². The normalized spacial score (nSPS) is 10.1. The van der Waals surface area contributed by atoms with Gasteiger partial charge in [0.2, 0.25) is 0 Å². The molecule has 0 aliphatic rings. The van der Waals surface area contributed by atoms with Gasteiger partial charge in [-0.05, 0) is 20.8 Å². The molecular formula is C14H17FO5. The number of esters is 1. The van der Waals surface area contributed by atoms with Crippen molar-refractivity contribution in [2.75, 3.05) is 20.8 Å². The molecule has 5 nitrogen and oxygen atoms in total. The number of ether oxygens (including phenoxy) is 3. The van der Waals surface area contributed by atoms with Gasteiger partial charge in [0.1, 0.15) is 5.75 Å². The average molecular weight is 284 g/mol. The van der Waals surface area contributed by atoms with E-state index >= 15 is 0 Å². The van der Waals surface area contributed by atoms with Gasteiger partial charge in [0.25, 0.3) is 5.78 Å². The lowest BCUT2D eigenvalue weighted by atomic mass is 9.98. The van der Waals surface area contributed by atoms with Crippen LogP contribution in [0.1, 0.15) is 28.4 Å². The second-order valence-electron chi connectivity index (χ2n) is 4.06. The van der Waals surface area contributed by atoms with E-state index in [0.717, 1.165) is 0 Å². The number of halogens is 1. The second-order valence-corrected chi connectivity index (χ2v) is 4.06. The first-order valence-corrected chi connectivity index (χ1v) is 6.02. The van der Waals surface area contributed by atoms with Crippen molar-refractivity contribution in [3.05, 3.63) is 22.5 Å². The van der Waals surface area contributed by atoms with Crippen molar-refractivity contribution in [1.29, 1.82) is 0 Å². The molecule has 1 rings (SSSR count). The van der Waals surface area contributed by atoms with Crippen LogP contribution < -0.4 is 9.47 Å². The number of methoxy groups -OCH3 is 2. The van der Waals surface area contributed by atoms with Crippen LogP contribution in [0.15, 0.2) is 0 Å². The molecule has 0 radical (unpaired) electrons. The molecule has 0 saturated carbocycles. The molecule has 20 heavy (non-hydrogen) atoms. The van der Waals surface area contributed by atoms with Crippen molar-refractivity contribution in [1.82, 2.24) is 0 Å². The first kappa shape index (κ1) is 15.9. The van der Waals surface area contributed by atoms with Crippen molar-refractivity contribution in [2.45, 2.75) is 20.8 Å². The SMILES string of the molecule is CCOC(=O)C(=O)c1c(C)c(OC)c(F)c(C)c1OC. The molecule has 0 atom stereocenters. The number of hydrogen-bond acceptors (Lipinski definition) is 5. The molecule has 1 aromatic carbocycles. The molecule has 0 amide bonds. The van der Waals surface area contributed by atoms with E-state index in [0.29, 0.717) is 0 Å². The zero-order valence-electron chi connectivity index (χ0n) is 12.1. The lowest BCUT2D eigenvalue weighted by Crippen LogP contribution is -2.20. The Kier molecular flexibility index (Phi) is 5.07. The molecular weight excluding hydrogens is 267 g/mol. The summed E-state index contributed by atoms with van der Waals surface area (Å²) in [7, 11) is 2.59. The molecule has 0 bridgehead atoms. The third kappa shape index (κ3) is 2.59. The Labute approximate surface area is 116 Å². The van der Waals surface area contributed by atoms with Gasteiger partial charge in [-0.2, -0.15) is 0 Å². The van der Waals surface area contributed by atoms with Crippen LogP contribution in [-0.4, -0.2) is 32.6 Å². The molecule has 0 saturated heterocycles. The summed E-state index contributed by atoms with van der Waals surface area (Å²) in [6, 6.07) is 0. The molecule has 0 aliphatic carbocycles. The highest BCUT2D eigenvalue weighted by Gasteiger charge is 2.29. The monoisotopic (exact) mass is 284 g/mol. The first-order valence-electron chi connectivity index (χ1n) is 6.02. The van der Waals surface area contributed by atoms with E-state index in [4.69, 9.17) is 9.47 Å². The van der Waals surface area contributed by atoms with E-state index in [2.05, 4.69) is 4.74 Å². The maximum Gasteiger partial charge on any atom is 0.379 e. The second kappa shape index (κ2) is 6.36. The highest BCUT2D eigenvalue weighted by Crippen LogP contribution is 2.37. The van der Waals surface area contributed by atoms with Gasteiger partial charge < -0.3 is 14.2 Å². The molecule has 1 aromatic rings. The Hall–Kier alpha value is -2.11. The van der Waals surface area contributed by atoms with Gasteiger partial charge in [-0.1, -0.05) is 0 Å². The number of Topliss-reactive ketones (excluding diaryl/α,β-unsaturated/α-hetero) is 1. The van der Waals surface area contributed by atoms with Crippen molar-refractivity contribution in [3.63, 3.8) is 0 Å². The van der Waals surface area contributed by atoms with Gasteiger partial charge in [-0.15, -0.1) is 0 Å². The Morgan fingerprint density at radius 1 is 1.05 bits per heavy atom. The van der Waals surface area contributed by atoms with Gasteiger partial charge in [0.05, 0.1) is 26.4 Å². The minimum Gasteiger partial charge on any atom is -0.496 e. The molecule has 0 unspecified atom stereocenters. The Balaban J connectivity index is 3.56. The summed E-state index contributed by atoms with van der Waals surface area (Å²) in [4.78, 5) is 23.7. The van der Waals surface area contributed by atoms with Crippen molar-refractivity contribution in [2.24, 2.45) is 0 Å². The first-order chi connectivity index (χ1) is 9.40. The zero-order valence-corrected chi connectivity index (χ0v) is 12.1. The molecule has 110 valence electrons. The van der Waals surface area contributed by atoms with Crippen molar-refractivity contribution >= 4 is 11.8 Å². The molecule has 0 aliphatic heterocycles. The van der Waals surface area contributed by atoms with E-state index in [-0.39, 0.29) is 34.8 Å². The fourth-order valence-corrected chi connectivity index (χ4v) is 1.98. The van der Waals surface area contributed by atoms with Crippen LogP contribution in [0, 0.1) is 19.7 Å². The molecule has 0 spiro atoms. The van der Waals surface area contributed by atoms with E-state index in [1.807, 2.05) is 0 Å². The van der Waals surface area contributed by atoms with Gasteiger partial charge in [-0.3, -0.25) is 4.79 Å². The quantitative estimate of drug-likeness (QED) is 0.471. The maximum atomic E-state index is 14.1. The topological polar surface area (TPSA) is 61.8 Å². The highest BCUT2D eigenvalue weighted by atomic mass is 19.1. The summed E-state index contributed by atoms with van der Waals surface area (Å²) in [5.74, 6) is -2.60. The van der Waals surface area contributed by atoms with E-state index < -0.39 is 17.6 Å². The lowest BCUT2D eigenvalue weighted by Gasteiger charge is -2.17. The molecule has 0 aromatic heterocycles. The predicted octanol–water partition coefficient (Wildman–Crippen LogP) is 2.21. The minimum absolute atomic E-state index is 0.0128. The van der Waals surface area contributed by atoms with E-state index in [1.165, 1.54) is 28.1 Å². The number of carbonyl (C=O) groups is 2. The fraction of sp³-hybridized carbons (Fsp3) is 0.429. The van der Waals surface area contributed by atoms with E-state index in [1.54, 1.807) is 6.92 Å². The van der Waals surface area contributed by atoms with E-state index in [9.17, 15) is 14.0 Å². The van der Waals surface area contributed by atoms with Crippen LogP contribution in [0.5, 0.6) is 11.5 Å². The summed E-state index contributed by atoms with van der Waals surface area (Å²) in [5, 5.41) is 0. The Bertz CT molecular complexity index is 551. The highest BCUT2D eigenvalue weighted by molar-refractivity contribution is 6.41. The third-order valence-electron chi connectivity index (χ3n) is 2.91. The summed E-state index contributed by atoms with van der Waals surface area (Å²) in [5.41, 5.74) is 0.259. The fourth-order valence-electron chi connectivity index (χ4n) is 1.98. The summed E-state index contributed by atoms with van der Waals surface area (Å²) in [6.45, 7) is 4.59. The number of carbonyl (C=O) groups excluding carboxylic acids is 2. The van der Waals surface area contributed by atoms with Crippen LogP contribution in [0.3, 0.4) is 0 Å². The van der Waals surface area contributed by atoms with Crippen LogP contribution in [0.4, 0.5) is 4.39 Å². The Morgan fingerprint density at radius 3 is 2.05 bits per heavy atom. The Morgan fingerprint density at radius 2 is 1.60 bits per heavy atom. The maximum absolute atomic E-state index is 14.1. The van der Waals surface area contributed by atoms with Gasteiger partial charge in [0, 0.05) is 11.1 Å². The predicted molar refractivity (Wildman–Crippen MR) is 69.9 cm³/mol. The average Bonchev–Trinajstić information content (AvgIpc) is 2.42. The molecule has 0 fully saturated rings. The lowest BCUT2D eigenvalue weighted by molar-refractivity contribution is -0.137. The largest absolute Gasteiger partial charge is 0.496 e. The van der Waals surface area contributed by atoms with Crippen molar-refractivity contribution in [3.8, 4) is 11.5 Å². The van der Waals surface area contributed by atoms with Crippen molar-refractivity contribution < 1.29 is 28.2 Å². The molecule has 0 N–H and O–H groups in total. The summed E-state index contributed by atoms with van der Waals surface area (Å²) >= 11 is 0. The number of benzene rings is 1. The van der Waals surface area contributed by atoms with Gasteiger partial charge in [-0.25, -0.2) is 9.18 Å². The van der Waals surface area contributed by atoms with Crippen LogP contribution >= 0.6 is 0 Å². The molecule has 0 heterocycles. The number of hydrogen-bond donors (Lipinski definition) is 0. The van der Waals surface area contributed by atoms with Crippen LogP contribution in [-0.2, 0) is 9.53 Å². The van der Waals surface area contributed by atoms with Gasteiger partial charge in [0.15, 0.2) is 11.6 Å². The van der Waals surface area contributed by atoms with Crippen LogP contribution in [0.2, 0.25) is 0 Å². The zero-order chi connectivity index (χ0) is 15.4. The number of rotatable bonds is 5. The smallest absolute Gasteiger partial charge is 0.379 e. The van der Waals surface area contributed by atoms with Gasteiger partial charge >= 0.3 is 5.97 Å². The molecule has 6 heteroatoms. The summed E-state index contributed by atoms with van der Waals surface area (Å²) < 4.78 is 28.8. The standard InChI is InChI=1S/C14H17FO5/c1-6-20-14(17)11(16)9-7(2)13(19-5)10(15)8(3)12(9)18-4/h6H2,1-5H3. The summed E-state index contributed by atoms with van der Waals surface area (Å²) in [6.07, 6.45) is 0. The third-order valence-corrected chi connectivity index (χ3v) is 2.91.